The summed E-state index contributed by atoms with van der Waals surface area (Å²) >= 11 is 0. The van der Waals surface area contributed by atoms with Crippen LogP contribution in [0.3, 0.4) is 0 Å². The lowest BCUT2D eigenvalue weighted by Gasteiger charge is -2.27. The largest absolute Gasteiger partial charge is 0.310 e. The van der Waals surface area contributed by atoms with Crippen molar-refractivity contribution >= 4 is 41.1 Å². The molecule has 0 aliphatic heterocycles. The van der Waals surface area contributed by atoms with E-state index in [1.807, 2.05) is 18.2 Å². The van der Waals surface area contributed by atoms with Crippen molar-refractivity contribution in [2.75, 3.05) is 4.90 Å². The molecule has 6 rings (SSSR count). The molecule has 0 unspecified atom stereocenters. The third kappa shape index (κ3) is 4.30. The normalized spacial score (nSPS) is 10.9. The van der Waals surface area contributed by atoms with Gasteiger partial charge < -0.3 is 4.90 Å². The molecule has 6 aromatic carbocycles. The molecule has 0 saturated heterocycles. The van der Waals surface area contributed by atoms with Gasteiger partial charge in [0.2, 0.25) is 0 Å². The average Bonchev–Trinajstić information content (AvgIpc) is 2.95. The molecule has 168 valence electrons. The van der Waals surface area contributed by atoms with Crippen molar-refractivity contribution in [3.8, 4) is 22.3 Å². The second-order valence-electron chi connectivity index (χ2n) is 8.92. The van der Waals surface area contributed by atoms with Crippen molar-refractivity contribution in [2.24, 2.45) is 0 Å². The van der Waals surface area contributed by atoms with Gasteiger partial charge in [0.15, 0.2) is 0 Å². The molecule has 0 amide bonds. The Morgan fingerprint density at radius 2 is 1.00 bits per heavy atom. The molecular formula is C34H24BN. The van der Waals surface area contributed by atoms with Gasteiger partial charge in [0, 0.05) is 16.8 Å². The lowest BCUT2D eigenvalue weighted by atomic mass is 9.93. The highest BCUT2D eigenvalue weighted by Gasteiger charge is 2.16. The Balaban J connectivity index is 1.51. The van der Waals surface area contributed by atoms with E-state index in [9.17, 15) is 0 Å². The molecule has 0 fully saturated rings. The second kappa shape index (κ2) is 9.60. The van der Waals surface area contributed by atoms with Crippen molar-refractivity contribution in [1.82, 2.24) is 0 Å². The predicted molar refractivity (Wildman–Crippen MR) is 155 cm³/mol. The summed E-state index contributed by atoms with van der Waals surface area (Å²) < 4.78 is 0. The third-order valence-corrected chi connectivity index (χ3v) is 6.59. The first-order chi connectivity index (χ1) is 17.8. The lowest BCUT2D eigenvalue weighted by Crippen LogP contribution is -2.10. The van der Waals surface area contributed by atoms with Crippen LogP contribution >= 0.6 is 0 Å². The van der Waals surface area contributed by atoms with Crippen molar-refractivity contribution in [1.29, 1.82) is 0 Å². The van der Waals surface area contributed by atoms with Gasteiger partial charge in [0.05, 0.1) is 5.69 Å². The Hall–Kier alpha value is -4.56. The first-order valence-corrected chi connectivity index (χ1v) is 12.2. The van der Waals surface area contributed by atoms with Crippen LogP contribution in [0, 0.1) is 0 Å². The van der Waals surface area contributed by atoms with Gasteiger partial charge in [-0.3, -0.25) is 0 Å². The third-order valence-electron chi connectivity index (χ3n) is 6.59. The van der Waals surface area contributed by atoms with Crippen LogP contribution in [-0.4, -0.2) is 7.85 Å². The fraction of sp³-hybridized carbons (Fsp3) is 0. The number of hydrogen-bond acceptors (Lipinski definition) is 1. The molecule has 1 nitrogen and oxygen atoms in total. The maximum atomic E-state index is 5.93. The van der Waals surface area contributed by atoms with Crippen LogP contribution < -0.4 is 10.4 Å². The van der Waals surface area contributed by atoms with Gasteiger partial charge in [-0.05, 0) is 58.0 Å². The quantitative estimate of drug-likeness (QED) is 0.235. The summed E-state index contributed by atoms with van der Waals surface area (Å²) in [6.45, 7) is 0. The molecule has 6 aromatic rings. The Morgan fingerprint density at radius 3 is 1.81 bits per heavy atom. The minimum atomic E-state index is 0.769. The van der Waals surface area contributed by atoms with E-state index in [-0.39, 0.29) is 0 Å². The summed E-state index contributed by atoms with van der Waals surface area (Å²) in [7, 11) is 5.93. The number of rotatable bonds is 5. The molecule has 0 spiro atoms. The smallest absolute Gasteiger partial charge is 0.113 e. The summed E-state index contributed by atoms with van der Waals surface area (Å²) in [5.41, 5.74) is 8.84. The summed E-state index contributed by atoms with van der Waals surface area (Å²) in [5.74, 6) is 0. The lowest BCUT2D eigenvalue weighted by molar-refractivity contribution is 1.30. The fourth-order valence-electron chi connectivity index (χ4n) is 4.76. The van der Waals surface area contributed by atoms with Crippen molar-refractivity contribution in [3.05, 3.63) is 146 Å². The van der Waals surface area contributed by atoms with Crippen LogP contribution in [0.2, 0.25) is 0 Å². The second-order valence-corrected chi connectivity index (χ2v) is 8.92. The highest BCUT2D eigenvalue weighted by atomic mass is 15.1. The van der Waals surface area contributed by atoms with E-state index in [1.165, 1.54) is 21.9 Å². The van der Waals surface area contributed by atoms with E-state index in [4.69, 9.17) is 7.85 Å². The van der Waals surface area contributed by atoms with Crippen molar-refractivity contribution in [2.45, 2.75) is 0 Å². The molecule has 2 radical (unpaired) electrons. The minimum absolute atomic E-state index is 0.769. The van der Waals surface area contributed by atoms with Crippen LogP contribution in [0.4, 0.5) is 17.1 Å². The maximum absolute atomic E-state index is 5.93. The van der Waals surface area contributed by atoms with Crippen LogP contribution in [0.1, 0.15) is 0 Å². The number of benzene rings is 6. The molecular weight excluding hydrogens is 433 g/mol. The zero-order valence-corrected chi connectivity index (χ0v) is 19.9. The van der Waals surface area contributed by atoms with Gasteiger partial charge in [-0.1, -0.05) is 121 Å². The van der Waals surface area contributed by atoms with E-state index in [0.29, 0.717) is 0 Å². The number of fused-ring (bicyclic) bond motifs is 1. The Morgan fingerprint density at radius 1 is 0.417 bits per heavy atom. The standard InChI is InChI=1S/C34H24BN/c35-30-20-16-27(17-21-30)29-12-6-13-32(24-29)36(34-15-7-11-28-10-4-5-14-33(28)34)31-22-18-26(19-23-31)25-8-2-1-3-9-25/h1-24H. The Bertz CT molecular complexity index is 1620. The van der Waals surface area contributed by atoms with Crippen LogP contribution in [0.15, 0.2) is 146 Å². The minimum Gasteiger partial charge on any atom is -0.310 e. The number of hydrogen-bond donors (Lipinski definition) is 0. The first kappa shape index (κ1) is 21.9. The van der Waals surface area contributed by atoms with Gasteiger partial charge in [0.1, 0.15) is 7.85 Å². The van der Waals surface area contributed by atoms with Crippen LogP contribution in [0.5, 0.6) is 0 Å². The van der Waals surface area contributed by atoms with Crippen LogP contribution in [-0.2, 0) is 0 Å². The summed E-state index contributed by atoms with van der Waals surface area (Å²) in [6, 6.07) is 51.1. The fourth-order valence-corrected chi connectivity index (χ4v) is 4.76. The first-order valence-electron chi connectivity index (χ1n) is 12.2. The average molecular weight is 457 g/mol. The molecule has 0 aromatic heterocycles. The summed E-state index contributed by atoms with van der Waals surface area (Å²) in [6.07, 6.45) is 0. The maximum Gasteiger partial charge on any atom is 0.113 e. The highest BCUT2D eigenvalue weighted by Crippen LogP contribution is 2.40. The topological polar surface area (TPSA) is 3.24 Å². The van der Waals surface area contributed by atoms with Gasteiger partial charge in [0.25, 0.3) is 0 Å². The van der Waals surface area contributed by atoms with Crippen LogP contribution in [0.25, 0.3) is 33.0 Å². The number of nitrogens with zero attached hydrogens (tertiary/aromatic N) is 1. The monoisotopic (exact) mass is 457 g/mol. The van der Waals surface area contributed by atoms with E-state index in [0.717, 1.165) is 33.7 Å². The van der Waals surface area contributed by atoms with Crippen molar-refractivity contribution in [3.63, 3.8) is 0 Å². The molecule has 0 N–H and O–H groups in total. The Kier molecular flexibility index (Phi) is 5.85. The predicted octanol–water partition coefficient (Wildman–Crippen LogP) is 8.44. The summed E-state index contributed by atoms with van der Waals surface area (Å²) in [4.78, 5) is 2.35. The molecule has 0 aliphatic carbocycles. The number of anilines is 3. The van der Waals surface area contributed by atoms with Gasteiger partial charge in [-0.15, -0.1) is 0 Å². The Labute approximate surface area is 213 Å². The van der Waals surface area contributed by atoms with Gasteiger partial charge >= 0.3 is 0 Å². The molecule has 0 atom stereocenters. The molecule has 0 saturated carbocycles. The molecule has 0 bridgehead atoms. The SMILES string of the molecule is [B]c1ccc(-c2cccc(N(c3ccc(-c4ccccc4)cc3)c3cccc4ccccc34)c2)cc1. The zero-order valence-electron chi connectivity index (χ0n) is 19.9. The van der Waals surface area contributed by atoms with E-state index in [1.54, 1.807) is 0 Å². The summed E-state index contributed by atoms with van der Waals surface area (Å²) in [5, 5.41) is 2.43. The molecule has 0 aliphatic rings. The van der Waals surface area contributed by atoms with Crippen molar-refractivity contribution < 1.29 is 0 Å². The van der Waals surface area contributed by atoms with E-state index in [2.05, 4.69) is 132 Å². The molecule has 2 heteroatoms. The van der Waals surface area contributed by atoms with Gasteiger partial charge in [-0.2, -0.15) is 0 Å². The molecule has 36 heavy (non-hydrogen) atoms. The zero-order chi connectivity index (χ0) is 24.3. The van der Waals surface area contributed by atoms with E-state index < -0.39 is 0 Å². The highest BCUT2D eigenvalue weighted by molar-refractivity contribution is 6.32. The van der Waals surface area contributed by atoms with Gasteiger partial charge in [-0.25, -0.2) is 0 Å². The van der Waals surface area contributed by atoms with E-state index >= 15 is 0 Å². The molecule has 0 heterocycles.